The number of halogens is 1. The van der Waals surface area contributed by atoms with Crippen LogP contribution in [0, 0.1) is 22.7 Å². The molecule has 0 spiro atoms. The number of alkyl halides is 1. The summed E-state index contributed by atoms with van der Waals surface area (Å²) in [5.41, 5.74) is 0.824. The molecule has 0 radical (unpaired) electrons. The summed E-state index contributed by atoms with van der Waals surface area (Å²) in [4.78, 5) is 5.72. The highest BCUT2D eigenvalue weighted by Gasteiger charge is 2.10. The summed E-state index contributed by atoms with van der Waals surface area (Å²) >= 11 is 5.74. The maximum atomic E-state index is 8.63. The van der Waals surface area contributed by atoms with Gasteiger partial charge in [0.2, 0.25) is 0 Å². The van der Waals surface area contributed by atoms with E-state index in [-0.39, 0.29) is 13.1 Å². The molecule has 0 atom stereocenters. The van der Waals surface area contributed by atoms with E-state index in [1.165, 1.54) is 0 Å². The van der Waals surface area contributed by atoms with Crippen LogP contribution in [0.3, 0.4) is 0 Å². The molecule has 5 heteroatoms. The third-order valence-corrected chi connectivity index (χ3v) is 2.12. The molecule has 0 saturated heterocycles. The van der Waals surface area contributed by atoms with Gasteiger partial charge in [-0.15, -0.1) is 11.6 Å². The van der Waals surface area contributed by atoms with Crippen molar-refractivity contribution in [3.8, 4) is 12.1 Å². The standard InChI is InChI=1S/C10H9ClN4/c11-8-9-2-1-5-14-10(9)15(6-3-12)7-4-13/h1-2,5H,6-8H2. The van der Waals surface area contributed by atoms with Crippen molar-refractivity contribution in [2.24, 2.45) is 0 Å². The van der Waals surface area contributed by atoms with E-state index in [1.54, 1.807) is 17.2 Å². The maximum absolute atomic E-state index is 8.63. The van der Waals surface area contributed by atoms with Gasteiger partial charge in [-0.25, -0.2) is 4.98 Å². The molecule has 0 N–H and O–H groups in total. The Labute approximate surface area is 93.3 Å². The van der Waals surface area contributed by atoms with Gasteiger partial charge in [-0.3, -0.25) is 0 Å². The van der Waals surface area contributed by atoms with Crippen LogP contribution in [-0.4, -0.2) is 18.1 Å². The highest BCUT2D eigenvalue weighted by Crippen LogP contribution is 2.18. The zero-order valence-corrected chi connectivity index (χ0v) is 8.78. The van der Waals surface area contributed by atoms with Crippen LogP contribution in [0.4, 0.5) is 5.82 Å². The van der Waals surface area contributed by atoms with E-state index in [9.17, 15) is 0 Å². The smallest absolute Gasteiger partial charge is 0.134 e. The van der Waals surface area contributed by atoms with Crippen LogP contribution in [0.5, 0.6) is 0 Å². The minimum atomic E-state index is 0.133. The lowest BCUT2D eigenvalue weighted by Crippen LogP contribution is -2.25. The molecule has 0 fully saturated rings. The van der Waals surface area contributed by atoms with Crippen LogP contribution in [0.2, 0.25) is 0 Å². The number of hydrogen-bond acceptors (Lipinski definition) is 4. The van der Waals surface area contributed by atoms with Crippen LogP contribution in [0.1, 0.15) is 5.56 Å². The fourth-order valence-electron chi connectivity index (χ4n) is 1.20. The molecule has 0 amide bonds. The van der Waals surface area contributed by atoms with E-state index in [2.05, 4.69) is 4.98 Å². The molecule has 76 valence electrons. The van der Waals surface area contributed by atoms with Crippen molar-refractivity contribution in [3.05, 3.63) is 23.9 Å². The molecule has 15 heavy (non-hydrogen) atoms. The molecule has 4 nitrogen and oxygen atoms in total. The summed E-state index contributed by atoms with van der Waals surface area (Å²) < 4.78 is 0. The van der Waals surface area contributed by atoms with E-state index >= 15 is 0 Å². The Morgan fingerprint density at radius 3 is 2.53 bits per heavy atom. The molecule has 0 aliphatic carbocycles. The highest BCUT2D eigenvalue weighted by atomic mass is 35.5. The first-order chi connectivity index (χ1) is 7.33. The van der Waals surface area contributed by atoms with Crippen molar-refractivity contribution in [2.45, 2.75) is 5.88 Å². The maximum Gasteiger partial charge on any atom is 0.134 e. The number of anilines is 1. The van der Waals surface area contributed by atoms with Crippen molar-refractivity contribution in [1.82, 2.24) is 4.98 Å². The van der Waals surface area contributed by atoms with Crippen LogP contribution in [0.15, 0.2) is 18.3 Å². The fraction of sp³-hybridized carbons (Fsp3) is 0.300. The van der Waals surface area contributed by atoms with Crippen molar-refractivity contribution in [2.75, 3.05) is 18.0 Å². The highest BCUT2D eigenvalue weighted by molar-refractivity contribution is 6.17. The first-order valence-electron chi connectivity index (χ1n) is 4.32. The number of aromatic nitrogens is 1. The van der Waals surface area contributed by atoms with Crippen LogP contribution >= 0.6 is 11.6 Å². The Morgan fingerprint density at radius 1 is 1.33 bits per heavy atom. The van der Waals surface area contributed by atoms with E-state index in [0.29, 0.717) is 11.7 Å². The van der Waals surface area contributed by atoms with Gasteiger partial charge in [0.15, 0.2) is 0 Å². The number of nitrogens with zero attached hydrogens (tertiary/aromatic N) is 4. The molecule has 0 bridgehead atoms. The zero-order valence-electron chi connectivity index (χ0n) is 8.02. The van der Waals surface area contributed by atoms with Crippen molar-refractivity contribution >= 4 is 17.4 Å². The second-order valence-corrected chi connectivity index (χ2v) is 3.06. The lowest BCUT2D eigenvalue weighted by molar-refractivity contribution is 0.924. The zero-order chi connectivity index (χ0) is 11.1. The topological polar surface area (TPSA) is 63.7 Å². The quantitative estimate of drug-likeness (QED) is 0.572. The van der Waals surface area contributed by atoms with Crippen molar-refractivity contribution in [1.29, 1.82) is 10.5 Å². The number of rotatable bonds is 4. The van der Waals surface area contributed by atoms with Gasteiger partial charge in [0, 0.05) is 11.8 Å². The Bertz CT molecular complexity index is 389. The average molecular weight is 221 g/mol. The molecule has 1 aromatic heterocycles. The van der Waals surface area contributed by atoms with Crippen molar-refractivity contribution < 1.29 is 0 Å². The minimum Gasteiger partial charge on any atom is -0.330 e. The Hall–Kier alpha value is -1.78. The molecule has 0 saturated carbocycles. The normalized spacial score (nSPS) is 9.00. The molecular formula is C10H9ClN4. The SMILES string of the molecule is N#CCN(CC#N)c1ncccc1CCl. The van der Waals surface area contributed by atoms with Gasteiger partial charge < -0.3 is 4.90 Å². The monoisotopic (exact) mass is 220 g/mol. The second kappa shape index (κ2) is 5.85. The molecule has 0 aromatic carbocycles. The summed E-state index contributed by atoms with van der Waals surface area (Å²) in [6.45, 7) is 0.267. The van der Waals surface area contributed by atoms with Crippen LogP contribution in [0.25, 0.3) is 0 Å². The van der Waals surface area contributed by atoms with Gasteiger partial charge in [0.05, 0.1) is 18.0 Å². The van der Waals surface area contributed by atoms with Gasteiger partial charge in [-0.05, 0) is 6.07 Å². The largest absolute Gasteiger partial charge is 0.330 e. The Kier molecular flexibility index (Phi) is 4.40. The minimum absolute atomic E-state index is 0.133. The van der Waals surface area contributed by atoms with E-state index in [0.717, 1.165) is 5.56 Å². The summed E-state index contributed by atoms with van der Waals surface area (Å²) in [6.07, 6.45) is 1.62. The average Bonchev–Trinajstić information content (AvgIpc) is 2.29. The van der Waals surface area contributed by atoms with Crippen LogP contribution < -0.4 is 4.90 Å². The molecule has 1 aromatic rings. The molecule has 1 heterocycles. The summed E-state index contributed by atoms with van der Waals surface area (Å²) in [5.74, 6) is 0.923. The fourth-order valence-corrected chi connectivity index (χ4v) is 1.40. The first-order valence-corrected chi connectivity index (χ1v) is 4.85. The predicted octanol–water partition coefficient (Wildman–Crippen LogP) is 1.67. The predicted molar refractivity (Wildman–Crippen MR) is 57.2 cm³/mol. The number of nitriles is 2. The third-order valence-electron chi connectivity index (χ3n) is 1.83. The van der Waals surface area contributed by atoms with Gasteiger partial charge in [0.1, 0.15) is 18.9 Å². The van der Waals surface area contributed by atoms with Crippen molar-refractivity contribution in [3.63, 3.8) is 0 Å². The Balaban J connectivity index is 3.00. The van der Waals surface area contributed by atoms with Gasteiger partial charge >= 0.3 is 0 Å². The van der Waals surface area contributed by atoms with E-state index in [1.807, 2.05) is 18.2 Å². The second-order valence-electron chi connectivity index (χ2n) is 2.79. The summed E-state index contributed by atoms with van der Waals surface area (Å²) in [7, 11) is 0. The van der Waals surface area contributed by atoms with Gasteiger partial charge in [-0.1, -0.05) is 6.07 Å². The molecule has 0 aliphatic heterocycles. The number of pyridine rings is 1. The molecule has 0 unspecified atom stereocenters. The van der Waals surface area contributed by atoms with E-state index < -0.39 is 0 Å². The first kappa shape index (κ1) is 11.3. The molecular weight excluding hydrogens is 212 g/mol. The van der Waals surface area contributed by atoms with Gasteiger partial charge in [-0.2, -0.15) is 10.5 Å². The lowest BCUT2D eigenvalue weighted by Gasteiger charge is -2.18. The molecule has 0 aliphatic rings. The van der Waals surface area contributed by atoms with Gasteiger partial charge in [0.25, 0.3) is 0 Å². The number of hydrogen-bond donors (Lipinski definition) is 0. The third kappa shape index (κ3) is 2.83. The summed E-state index contributed by atoms with van der Waals surface area (Å²) in [6, 6.07) is 7.59. The molecule has 1 rings (SSSR count). The summed E-state index contributed by atoms with van der Waals surface area (Å²) in [5, 5.41) is 17.3. The Morgan fingerprint density at radius 2 is 2.00 bits per heavy atom. The van der Waals surface area contributed by atoms with E-state index in [4.69, 9.17) is 22.1 Å². The van der Waals surface area contributed by atoms with Crippen LogP contribution in [-0.2, 0) is 5.88 Å². The lowest BCUT2D eigenvalue weighted by atomic mass is 10.2.